The summed E-state index contributed by atoms with van der Waals surface area (Å²) in [6, 6.07) is 40.5. The van der Waals surface area contributed by atoms with Crippen LogP contribution in [0.4, 0.5) is 0 Å². The van der Waals surface area contributed by atoms with E-state index >= 15 is 0 Å². The second-order valence-corrected chi connectivity index (χ2v) is 11.5. The fourth-order valence-electron chi connectivity index (χ4n) is 5.93. The molecule has 39 heavy (non-hydrogen) atoms. The molecule has 0 N–H and O–H groups in total. The molecule has 0 saturated heterocycles. The molecule has 0 amide bonds. The first-order valence-corrected chi connectivity index (χ1v) is 13.5. The molecule has 0 aromatic heterocycles. The Morgan fingerprint density at radius 2 is 1.21 bits per heavy atom. The third-order valence-electron chi connectivity index (χ3n) is 7.92. The molecule has 0 bridgehead atoms. The summed E-state index contributed by atoms with van der Waals surface area (Å²) in [7, 11) is 0. The molecule has 0 spiro atoms. The molecule has 5 aromatic carbocycles. The van der Waals surface area contributed by atoms with Gasteiger partial charge >= 0.3 is 0 Å². The normalized spacial score (nSPS) is 15.9. The third kappa shape index (κ3) is 4.17. The zero-order valence-electron chi connectivity index (χ0n) is 22.9. The Hall–Kier alpha value is -4.43. The molecule has 0 fully saturated rings. The highest BCUT2D eigenvalue weighted by molar-refractivity contribution is 5.86. The monoisotopic (exact) mass is 508 g/mol. The quantitative estimate of drug-likeness (QED) is 0.217. The third-order valence-corrected chi connectivity index (χ3v) is 7.92. The summed E-state index contributed by atoms with van der Waals surface area (Å²) in [6.07, 6.45) is 0.838. The van der Waals surface area contributed by atoms with Gasteiger partial charge in [-0.2, -0.15) is 0 Å². The Kier molecular flexibility index (Phi) is 5.99. The van der Waals surface area contributed by atoms with Crippen molar-refractivity contribution in [3.8, 4) is 22.6 Å². The Morgan fingerprint density at radius 1 is 0.641 bits per heavy atom. The maximum atomic E-state index is 11.0. The van der Waals surface area contributed by atoms with Crippen LogP contribution in [0, 0.1) is 6.92 Å². The van der Waals surface area contributed by atoms with Gasteiger partial charge in [-0.15, -0.1) is 0 Å². The number of rotatable bonds is 5. The minimum absolute atomic E-state index is 0.0800. The first-order valence-electron chi connectivity index (χ1n) is 13.5. The summed E-state index contributed by atoms with van der Waals surface area (Å²) >= 11 is 0. The number of aryl methyl sites for hydroxylation is 1. The van der Waals surface area contributed by atoms with Gasteiger partial charge in [-0.1, -0.05) is 105 Å². The van der Waals surface area contributed by atoms with E-state index in [1.54, 1.807) is 12.1 Å². The number of fused-ring (bicyclic) bond motifs is 3. The van der Waals surface area contributed by atoms with Gasteiger partial charge in [0.05, 0.1) is 5.41 Å². The first-order chi connectivity index (χ1) is 18.8. The molecule has 5 aromatic rings. The molecule has 1 atom stereocenters. The van der Waals surface area contributed by atoms with Crippen LogP contribution in [0.25, 0.3) is 11.1 Å². The van der Waals surface area contributed by atoms with Crippen molar-refractivity contribution in [1.29, 1.82) is 0 Å². The average Bonchev–Trinajstić information content (AvgIpc) is 3.24. The van der Waals surface area contributed by atoms with Gasteiger partial charge in [-0.25, -0.2) is 0 Å². The summed E-state index contributed by atoms with van der Waals surface area (Å²) in [5, 5.41) is 0. The number of hydrogen-bond donors (Lipinski definition) is 0. The van der Waals surface area contributed by atoms with Crippen LogP contribution in [0.3, 0.4) is 0 Å². The molecule has 6 rings (SSSR count). The lowest BCUT2D eigenvalue weighted by Gasteiger charge is -2.34. The van der Waals surface area contributed by atoms with Crippen molar-refractivity contribution in [2.24, 2.45) is 0 Å². The van der Waals surface area contributed by atoms with Gasteiger partial charge in [-0.05, 0) is 87.7 Å². The fraction of sp³-hybridized carbons (Fsp3) is 0.162. The molecule has 2 nitrogen and oxygen atoms in total. The maximum absolute atomic E-state index is 11.0. The Bertz CT molecular complexity index is 1650. The predicted octanol–water partition coefficient (Wildman–Crippen LogP) is 9.26. The van der Waals surface area contributed by atoms with Crippen molar-refractivity contribution in [2.75, 3.05) is 0 Å². The topological polar surface area (TPSA) is 26.3 Å². The Morgan fingerprint density at radius 3 is 1.82 bits per heavy atom. The van der Waals surface area contributed by atoms with E-state index in [0.29, 0.717) is 11.3 Å². The summed E-state index contributed by atoms with van der Waals surface area (Å²) < 4.78 is 6.13. The lowest BCUT2D eigenvalue weighted by molar-refractivity contribution is 0.112. The second-order valence-electron chi connectivity index (χ2n) is 11.5. The van der Waals surface area contributed by atoms with Crippen LogP contribution in [0.5, 0.6) is 11.5 Å². The minimum atomic E-state index is -0.446. The van der Waals surface area contributed by atoms with Crippen molar-refractivity contribution < 1.29 is 9.53 Å². The van der Waals surface area contributed by atoms with Gasteiger partial charge in [-0.3, -0.25) is 4.79 Å². The summed E-state index contributed by atoms with van der Waals surface area (Å²) in [5.74, 6) is 1.46. The summed E-state index contributed by atoms with van der Waals surface area (Å²) in [4.78, 5) is 11.0. The molecule has 0 heterocycles. The van der Waals surface area contributed by atoms with Crippen molar-refractivity contribution in [3.63, 3.8) is 0 Å². The number of aldehydes is 1. The number of benzene rings is 5. The molecular weight excluding hydrogens is 476 g/mol. The van der Waals surface area contributed by atoms with E-state index in [1.807, 2.05) is 24.3 Å². The molecule has 0 saturated carbocycles. The van der Waals surface area contributed by atoms with E-state index in [-0.39, 0.29) is 5.41 Å². The average molecular weight is 509 g/mol. The van der Waals surface area contributed by atoms with Crippen LogP contribution in [-0.2, 0) is 10.8 Å². The van der Waals surface area contributed by atoms with Crippen molar-refractivity contribution in [2.45, 2.75) is 38.5 Å². The molecule has 1 aliphatic rings. The zero-order valence-corrected chi connectivity index (χ0v) is 22.9. The highest BCUT2D eigenvalue weighted by Gasteiger charge is 2.46. The van der Waals surface area contributed by atoms with Crippen LogP contribution in [0.2, 0.25) is 0 Å². The van der Waals surface area contributed by atoms with Gasteiger partial charge in [0.1, 0.15) is 17.8 Å². The van der Waals surface area contributed by atoms with Crippen molar-refractivity contribution >= 4 is 6.29 Å². The predicted molar refractivity (Wildman–Crippen MR) is 159 cm³/mol. The lowest BCUT2D eigenvalue weighted by Crippen LogP contribution is -2.29. The van der Waals surface area contributed by atoms with Gasteiger partial charge in [0, 0.05) is 5.56 Å². The summed E-state index contributed by atoms with van der Waals surface area (Å²) in [5.41, 5.74) is 10.5. The van der Waals surface area contributed by atoms with Gasteiger partial charge in [0.15, 0.2) is 0 Å². The Balaban J connectivity index is 1.53. The highest BCUT2D eigenvalue weighted by Crippen LogP contribution is 2.56. The van der Waals surface area contributed by atoms with E-state index in [4.69, 9.17) is 4.74 Å². The second kappa shape index (κ2) is 9.39. The largest absolute Gasteiger partial charge is 0.457 e. The Labute approximate surface area is 230 Å². The van der Waals surface area contributed by atoms with Gasteiger partial charge in [0.25, 0.3) is 0 Å². The zero-order chi connectivity index (χ0) is 27.2. The number of hydrogen-bond acceptors (Lipinski definition) is 2. The molecular formula is C37H32O2. The lowest BCUT2D eigenvalue weighted by atomic mass is 9.67. The van der Waals surface area contributed by atoms with Crippen molar-refractivity contribution in [1.82, 2.24) is 0 Å². The molecule has 0 radical (unpaired) electrons. The SMILES string of the molecule is Cc1ccc2c(c1)C(c1ccc(Oc3ccc(C=O)cc3)cc1)(c1ccc(C(C)(C)C)cc1)c1ccccc1-2. The molecule has 2 heteroatoms. The first kappa shape index (κ1) is 24.9. The van der Waals surface area contributed by atoms with Crippen LogP contribution in [0.15, 0.2) is 115 Å². The standard InChI is InChI=1S/C37H32O2/c1-25-9-22-33-32-7-5-6-8-34(32)37(35(33)23-25,28-14-12-27(13-15-28)36(2,3)4)29-16-20-31(21-17-29)39-30-18-10-26(24-38)11-19-30/h5-24H,1-4H3. The van der Waals surface area contributed by atoms with Gasteiger partial charge in [0.2, 0.25) is 0 Å². The van der Waals surface area contributed by atoms with E-state index in [0.717, 1.165) is 12.0 Å². The van der Waals surface area contributed by atoms with Crippen LogP contribution in [0.1, 0.15) is 64.5 Å². The number of carbonyl (C=O) groups is 1. The number of ether oxygens (including phenoxy) is 1. The maximum Gasteiger partial charge on any atom is 0.150 e. The molecule has 1 unspecified atom stereocenters. The smallest absolute Gasteiger partial charge is 0.150 e. The highest BCUT2D eigenvalue weighted by atomic mass is 16.5. The van der Waals surface area contributed by atoms with E-state index < -0.39 is 5.41 Å². The van der Waals surface area contributed by atoms with Crippen LogP contribution in [-0.4, -0.2) is 6.29 Å². The fourth-order valence-corrected chi connectivity index (χ4v) is 5.93. The van der Waals surface area contributed by atoms with E-state index in [2.05, 4.69) is 107 Å². The van der Waals surface area contributed by atoms with E-state index in [1.165, 1.54) is 44.5 Å². The molecule has 192 valence electrons. The number of carbonyl (C=O) groups excluding carboxylic acids is 1. The molecule has 0 aliphatic heterocycles. The molecule has 1 aliphatic carbocycles. The minimum Gasteiger partial charge on any atom is -0.457 e. The van der Waals surface area contributed by atoms with Crippen molar-refractivity contribution in [3.05, 3.63) is 154 Å². The van der Waals surface area contributed by atoms with Crippen LogP contribution >= 0.6 is 0 Å². The van der Waals surface area contributed by atoms with Gasteiger partial charge < -0.3 is 4.74 Å². The van der Waals surface area contributed by atoms with Crippen LogP contribution < -0.4 is 4.74 Å². The summed E-state index contributed by atoms with van der Waals surface area (Å²) in [6.45, 7) is 8.94. The van der Waals surface area contributed by atoms with E-state index in [9.17, 15) is 4.79 Å².